The van der Waals surface area contributed by atoms with Crippen molar-refractivity contribution in [3.05, 3.63) is 106 Å². The second-order valence-corrected chi connectivity index (χ2v) is 7.29. The Balaban J connectivity index is 1.99. The van der Waals surface area contributed by atoms with Crippen LogP contribution >= 0.6 is 0 Å². The smallest absolute Gasteiger partial charge is 0.105 e. The quantitative estimate of drug-likeness (QED) is 0.593. The number of fused-ring (bicyclic) bond motifs is 1. The second kappa shape index (κ2) is 6.59. The van der Waals surface area contributed by atoms with E-state index in [-0.39, 0.29) is 5.92 Å². The van der Waals surface area contributed by atoms with Gasteiger partial charge in [-0.3, -0.25) is 0 Å². The fourth-order valence-electron chi connectivity index (χ4n) is 4.26. The zero-order valence-electron chi connectivity index (χ0n) is 15.5. The number of hydrogen-bond donors (Lipinski definition) is 1. The number of allylic oxidation sites excluding steroid dienone is 4. The number of hydrogen-bond acceptors (Lipinski definition) is 1. The van der Waals surface area contributed by atoms with E-state index in [1.165, 1.54) is 27.7 Å². The summed E-state index contributed by atoms with van der Waals surface area (Å²) in [5, 5.41) is 13.6. The highest BCUT2D eigenvalue weighted by Crippen LogP contribution is 2.44. The Hall–Kier alpha value is -2.64. The number of aliphatic hydroxyl groups is 1. The van der Waals surface area contributed by atoms with Crippen molar-refractivity contribution in [3.8, 4) is 0 Å². The molecule has 0 fully saturated rings. The molecule has 2 atom stereocenters. The van der Waals surface area contributed by atoms with Crippen molar-refractivity contribution in [2.24, 2.45) is 0 Å². The molecule has 0 heterocycles. The first-order valence-electron chi connectivity index (χ1n) is 9.18. The molecular formula is C25H24O. The summed E-state index contributed by atoms with van der Waals surface area (Å²) in [6.07, 6.45) is 1.63. The Bertz CT molecular complexity index is 1020. The van der Waals surface area contributed by atoms with E-state index in [0.717, 1.165) is 16.5 Å². The lowest BCUT2D eigenvalue weighted by atomic mass is 9.81. The van der Waals surface area contributed by atoms with E-state index < -0.39 is 6.10 Å². The molecule has 0 saturated heterocycles. The summed E-state index contributed by atoms with van der Waals surface area (Å²) in [6, 6.07) is 22.7. The van der Waals surface area contributed by atoms with Gasteiger partial charge in [0.2, 0.25) is 0 Å². The molecule has 1 aliphatic carbocycles. The SMILES string of the molecule is CC1=CC(C)=C(C)C1c1ccc2ccccc2c1C(O)c1ccccc1. The highest BCUT2D eigenvalue weighted by Gasteiger charge is 2.28. The van der Waals surface area contributed by atoms with Gasteiger partial charge >= 0.3 is 0 Å². The Morgan fingerprint density at radius 1 is 0.808 bits per heavy atom. The van der Waals surface area contributed by atoms with Crippen LogP contribution < -0.4 is 0 Å². The van der Waals surface area contributed by atoms with E-state index in [0.29, 0.717) is 0 Å². The zero-order valence-corrected chi connectivity index (χ0v) is 15.5. The van der Waals surface area contributed by atoms with Gasteiger partial charge in [-0.15, -0.1) is 0 Å². The average Bonchev–Trinajstić information content (AvgIpc) is 2.93. The minimum atomic E-state index is -0.640. The highest BCUT2D eigenvalue weighted by atomic mass is 16.3. The van der Waals surface area contributed by atoms with Crippen LogP contribution in [0.15, 0.2) is 89.5 Å². The third-order valence-corrected chi connectivity index (χ3v) is 5.66. The van der Waals surface area contributed by atoms with Gasteiger partial charge in [-0.1, -0.05) is 89.5 Å². The molecule has 0 spiro atoms. The first-order valence-corrected chi connectivity index (χ1v) is 9.18. The van der Waals surface area contributed by atoms with Crippen LogP contribution in [0.1, 0.15) is 49.5 Å². The molecule has 3 aromatic rings. The van der Waals surface area contributed by atoms with Gasteiger partial charge in [-0.05, 0) is 48.2 Å². The molecule has 1 heteroatoms. The normalized spacial score (nSPS) is 18.3. The molecule has 0 aliphatic heterocycles. The van der Waals surface area contributed by atoms with E-state index >= 15 is 0 Å². The number of aliphatic hydroxyl groups excluding tert-OH is 1. The molecule has 0 bridgehead atoms. The summed E-state index contributed by atoms with van der Waals surface area (Å²) in [6.45, 7) is 6.58. The second-order valence-electron chi connectivity index (χ2n) is 7.29. The van der Waals surface area contributed by atoms with Gasteiger partial charge in [0, 0.05) is 5.92 Å². The van der Waals surface area contributed by atoms with Gasteiger partial charge in [-0.2, -0.15) is 0 Å². The molecule has 1 N–H and O–H groups in total. The maximum atomic E-state index is 11.3. The molecular weight excluding hydrogens is 316 g/mol. The van der Waals surface area contributed by atoms with Crippen molar-refractivity contribution in [1.29, 1.82) is 0 Å². The molecule has 3 aromatic carbocycles. The van der Waals surface area contributed by atoms with E-state index in [2.05, 4.69) is 63.2 Å². The summed E-state index contributed by atoms with van der Waals surface area (Å²) in [5.41, 5.74) is 7.23. The van der Waals surface area contributed by atoms with Crippen molar-refractivity contribution in [2.75, 3.05) is 0 Å². The average molecular weight is 340 g/mol. The summed E-state index contributed by atoms with van der Waals surface area (Å²) in [5.74, 6) is 0.243. The van der Waals surface area contributed by atoms with E-state index in [4.69, 9.17) is 0 Å². The van der Waals surface area contributed by atoms with Crippen LogP contribution in [0.2, 0.25) is 0 Å². The molecule has 0 saturated carbocycles. The van der Waals surface area contributed by atoms with Gasteiger partial charge in [0.25, 0.3) is 0 Å². The number of rotatable bonds is 3. The lowest BCUT2D eigenvalue weighted by Crippen LogP contribution is -2.09. The molecule has 1 nitrogen and oxygen atoms in total. The molecule has 0 amide bonds. The van der Waals surface area contributed by atoms with Crippen LogP contribution in [0.25, 0.3) is 10.8 Å². The Labute approximate surface area is 155 Å². The van der Waals surface area contributed by atoms with E-state index in [9.17, 15) is 5.11 Å². The monoisotopic (exact) mass is 340 g/mol. The topological polar surface area (TPSA) is 20.2 Å². The van der Waals surface area contributed by atoms with Crippen molar-refractivity contribution in [2.45, 2.75) is 32.8 Å². The molecule has 0 radical (unpaired) electrons. The van der Waals surface area contributed by atoms with E-state index in [1.807, 2.05) is 30.3 Å². The molecule has 2 unspecified atom stereocenters. The Kier molecular flexibility index (Phi) is 4.26. The highest BCUT2D eigenvalue weighted by molar-refractivity contribution is 5.88. The van der Waals surface area contributed by atoms with Crippen molar-refractivity contribution < 1.29 is 5.11 Å². The van der Waals surface area contributed by atoms with Crippen LogP contribution in [-0.4, -0.2) is 5.11 Å². The summed E-state index contributed by atoms with van der Waals surface area (Å²) in [7, 11) is 0. The molecule has 4 rings (SSSR count). The van der Waals surface area contributed by atoms with Gasteiger partial charge in [0.1, 0.15) is 6.10 Å². The minimum Gasteiger partial charge on any atom is -0.384 e. The van der Waals surface area contributed by atoms with Crippen LogP contribution in [0, 0.1) is 0 Å². The third-order valence-electron chi connectivity index (χ3n) is 5.66. The predicted molar refractivity (Wildman–Crippen MR) is 109 cm³/mol. The first-order chi connectivity index (χ1) is 12.6. The molecule has 26 heavy (non-hydrogen) atoms. The summed E-state index contributed by atoms with van der Waals surface area (Å²) >= 11 is 0. The lowest BCUT2D eigenvalue weighted by Gasteiger charge is -2.24. The summed E-state index contributed by atoms with van der Waals surface area (Å²) < 4.78 is 0. The maximum Gasteiger partial charge on any atom is 0.105 e. The number of benzene rings is 3. The fourth-order valence-corrected chi connectivity index (χ4v) is 4.26. The Morgan fingerprint density at radius 3 is 2.19 bits per heavy atom. The van der Waals surface area contributed by atoms with Gasteiger partial charge in [0.05, 0.1) is 0 Å². The standard InChI is InChI=1S/C25H24O/c1-16-15-17(2)23(18(16)3)22-14-13-19-9-7-8-12-21(19)24(22)25(26)20-10-5-4-6-11-20/h4-15,23,25-26H,1-3H3. The molecule has 1 aliphatic rings. The van der Waals surface area contributed by atoms with Gasteiger partial charge in [0.15, 0.2) is 0 Å². The third kappa shape index (κ3) is 2.69. The predicted octanol–water partition coefficient (Wildman–Crippen LogP) is 6.30. The van der Waals surface area contributed by atoms with Crippen molar-refractivity contribution in [3.63, 3.8) is 0 Å². The van der Waals surface area contributed by atoms with Gasteiger partial charge in [-0.25, -0.2) is 0 Å². The van der Waals surface area contributed by atoms with Crippen LogP contribution in [0.4, 0.5) is 0 Å². The lowest BCUT2D eigenvalue weighted by molar-refractivity contribution is 0.220. The fraction of sp³-hybridized carbons (Fsp3) is 0.200. The molecule has 130 valence electrons. The van der Waals surface area contributed by atoms with E-state index in [1.54, 1.807) is 0 Å². The summed E-state index contributed by atoms with van der Waals surface area (Å²) in [4.78, 5) is 0. The Morgan fingerprint density at radius 2 is 1.50 bits per heavy atom. The largest absolute Gasteiger partial charge is 0.384 e. The first kappa shape index (κ1) is 16.8. The zero-order chi connectivity index (χ0) is 18.3. The molecule has 0 aromatic heterocycles. The van der Waals surface area contributed by atoms with Crippen LogP contribution in [0.3, 0.4) is 0 Å². The van der Waals surface area contributed by atoms with Crippen LogP contribution in [-0.2, 0) is 0 Å². The van der Waals surface area contributed by atoms with Gasteiger partial charge < -0.3 is 5.11 Å². The van der Waals surface area contributed by atoms with Crippen LogP contribution in [0.5, 0.6) is 0 Å². The maximum absolute atomic E-state index is 11.3. The minimum absolute atomic E-state index is 0.243. The van der Waals surface area contributed by atoms with Crippen molar-refractivity contribution in [1.82, 2.24) is 0 Å². The van der Waals surface area contributed by atoms with Crippen molar-refractivity contribution >= 4 is 10.8 Å².